The van der Waals surface area contributed by atoms with E-state index in [1.165, 1.54) is 6.20 Å². The largest absolute Gasteiger partial charge is 0.381 e. The maximum atomic E-state index is 13.1. The van der Waals surface area contributed by atoms with Crippen LogP contribution in [0.3, 0.4) is 0 Å². The van der Waals surface area contributed by atoms with Crippen molar-refractivity contribution >= 4 is 5.82 Å². The van der Waals surface area contributed by atoms with E-state index in [0.29, 0.717) is 6.07 Å². The van der Waals surface area contributed by atoms with Gasteiger partial charge in [0.2, 0.25) is 5.82 Å². The molecule has 0 unspecified atom stereocenters. The van der Waals surface area contributed by atoms with Crippen LogP contribution in [0.2, 0.25) is 0 Å². The molecule has 2 heterocycles. The van der Waals surface area contributed by atoms with Gasteiger partial charge in [-0.05, 0) is 0 Å². The average Bonchev–Trinajstić information content (AvgIpc) is 2.51. The van der Waals surface area contributed by atoms with Crippen LogP contribution in [0, 0.1) is 11.6 Å². The van der Waals surface area contributed by atoms with Crippen molar-refractivity contribution in [2.75, 3.05) is 5.73 Å². The zero-order valence-electron chi connectivity index (χ0n) is 6.85. The molecule has 0 aromatic carbocycles. The minimum absolute atomic E-state index is 0.135. The third kappa shape index (κ3) is 1.39. The van der Waals surface area contributed by atoms with Gasteiger partial charge in [0, 0.05) is 6.07 Å². The summed E-state index contributed by atoms with van der Waals surface area (Å²) in [7, 11) is 0. The minimum atomic E-state index is -0.847. The lowest BCUT2D eigenvalue weighted by molar-refractivity contribution is 0.551. The van der Waals surface area contributed by atoms with Crippen molar-refractivity contribution in [2.24, 2.45) is 0 Å². The second-order valence-electron chi connectivity index (χ2n) is 2.52. The molecule has 72 valence electrons. The van der Waals surface area contributed by atoms with E-state index in [1.807, 2.05) is 0 Å². The number of nitrogens with two attached hydrogens (primary N) is 1. The monoisotopic (exact) mass is 197 g/mol. The van der Waals surface area contributed by atoms with Crippen LogP contribution in [-0.2, 0) is 0 Å². The number of halogens is 2. The average molecular weight is 197 g/mol. The molecule has 0 amide bonds. The SMILES string of the molecule is Nc1cnn(-c2ncc(F)cc2F)n1. The van der Waals surface area contributed by atoms with E-state index in [-0.39, 0.29) is 11.6 Å². The third-order valence-corrected chi connectivity index (χ3v) is 1.49. The highest BCUT2D eigenvalue weighted by atomic mass is 19.1. The normalized spacial score (nSPS) is 10.4. The summed E-state index contributed by atoms with van der Waals surface area (Å²) in [6.45, 7) is 0. The lowest BCUT2D eigenvalue weighted by Crippen LogP contribution is -2.05. The molecule has 2 N–H and O–H groups in total. The van der Waals surface area contributed by atoms with E-state index in [9.17, 15) is 8.78 Å². The van der Waals surface area contributed by atoms with Crippen LogP contribution in [0.1, 0.15) is 0 Å². The predicted molar refractivity (Wildman–Crippen MR) is 43.5 cm³/mol. The van der Waals surface area contributed by atoms with E-state index >= 15 is 0 Å². The Morgan fingerprint density at radius 2 is 2.07 bits per heavy atom. The molecule has 14 heavy (non-hydrogen) atoms. The van der Waals surface area contributed by atoms with Gasteiger partial charge in [0.25, 0.3) is 0 Å². The van der Waals surface area contributed by atoms with Gasteiger partial charge < -0.3 is 5.73 Å². The van der Waals surface area contributed by atoms with Crippen LogP contribution in [0.4, 0.5) is 14.6 Å². The maximum absolute atomic E-state index is 13.1. The Kier molecular flexibility index (Phi) is 1.84. The molecule has 0 saturated heterocycles. The molecule has 0 aliphatic rings. The first kappa shape index (κ1) is 8.54. The van der Waals surface area contributed by atoms with Crippen molar-refractivity contribution in [1.82, 2.24) is 20.0 Å². The summed E-state index contributed by atoms with van der Waals surface area (Å²) < 4.78 is 25.6. The molecule has 0 bridgehead atoms. The van der Waals surface area contributed by atoms with Gasteiger partial charge >= 0.3 is 0 Å². The molecule has 2 aromatic heterocycles. The topological polar surface area (TPSA) is 69.6 Å². The van der Waals surface area contributed by atoms with Crippen LogP contribution in [0.5, 0.6) is 0 Å². The van der Waals surface area contributed by atoms with E-state index in [4.69, 9.17) is 5.73 Å². The van der Waals surface area contributed by atoms with Crippen molar-refractivity contribution in [3.05, 3.63) is 30.1 Å². The van der Waals surface area contributed by atoms with Gasteiger partial charge in [-0.25, -0.2) is 13.8 Å². The highest BCUT2D eigenvalue weighted by Crippen LogP contribution is 2.09. The molecule has 0 fully saturated rings. The summed E-state index contributed by atoms with van der Waals surface area (Å²) in [6, 6.07) is 0.696. The van der Waals surface area contributed by atoms with Crippen molar-refractivity contribution < 1.29 is 8.78 Å². The Labute approximate surface area is 77.2 Å². The Bertz CT molecular complexity index is 467. The molecule has 0 saturated carbocycles. The van der Waals surface area contributed by atoms with Crippen molar-refractivity contribution in [1.29, 1.82) is 0 Å². The third-order valence-electron chi connectivity index (χ3n) is 1.49. The van der Waals surface area contributed by atoms with Crippen molar-refractivity contribution in [3.63, 3.8) is 0 Å². The fourth-order valence-electron chi connectivity index (χ4n) is 0.931. The second kappa shape index (κ2) is 3.02. The predicted octanol–water partition coefficient (Wildman–Crippen LogP) is 0.523. The summed E-state index contributed by atoms with van der Waals surface area (Å²) in [6.07, 6.45) is 2.11. The van der Waals surface area contributed by atoms with Crippen LogP contribution in [0.25, 0.3) is 5.82 Å². The first-order valence-electron chi connectivity index (χ1n) is 3.66. The smallest absolute Gasteiger partial charge is 0.210 e. The molecular weight excluding hydrogens is 192 g/mol. The maximum Gasteiger partial charge on any atom is 0.210 e. The standard InChI is InChI=1S/C7H5F2N5/c8-4-1-5(9)7(11-2-4)14-12-3-6(10)13-14/h1-3H,(H2,10,13). The number of hydrogen-bond donors (Lipinski definition) is 1. The van der Waals surface area contributed by atoms with Gasteiger partial charge in [-0.3, -0.25) is 0 Å². The molecule has 0 spiro atoms. The summed E-state index contributed by atoms with van der Waals surface area (Å²) in [4.78, 5) is 4.39. The van der Waals surface area contributed by atoms with Gasteiger partial charge in [0.05, 0.1) is 12.4 Å². The molecular formula is C7H5F2N5. The molecule has 0 atom stereocenters. The van der Waals surface area contributed by atoms with Gasteiger partial charge in [0.1, 0.15) is 5.82 Å². The summed E-state index contributed by atoms with van der Waals surface area (Å²) in [5.74, 6) is -1.66. The van der Waals surface area contributed by atoms with E-state index in [0.717, 1.165) is 11.0 Å². The van der Waals surface area contributed by atoms with Crippen molar-refractivity contribution in [3.8, 4) is 5.82 Å². The zero-order valence-corrected chi connectivity index (χ0v) is 6.85. The Morgan fingerprint density at radius 1 is 1.29 bits per heavy atom. The molecule has 2 aromatic rings. The highest BCUT2D eigenvalue weighted by molar-refractivity contribution is 5.26. The molecule has 0 aliphatic carbocycles. The second-order valence-corrected chi connectivity index (χ2v) is 2.52. The summed E-state index contributed by atoms with van der Waals surface area (Å²) in [5.41, 5.74) is 5.28. The number of aromatic nitrogens is 4. The molecule has 2 rings (SSSR count). The number of nitrogens with zero attached hydrogens (tertiary/aromatic N) is 4. The number of hydrogen-bond acceptors (Lipinski definition) is 4. The molecule has 5 nitrogen and oxygen atoms in total. The van der Waals surface area contributed by atoms with E-state index < -0.39 is 11.6 Å². The Morgan fingerprint density at radius 3 is 2.64 bits per heavy atom. The summed E-state index contributed by atoms with van der Waals surface area (Å²) in [5, 5.41) is 7.26. The van der Waals surface area contributed by atoms with Crippen molar-refractivity contribution in [2.45, 2.75) is 0 Å². The van der Waals surface area contributed by atoms with E-state index in [2.05, 4.69) is 15.2 Å². The lowest BCUT2D eigenvalue weighted by atomic mass is 10.4. The van der Waals surface area contributed by atoms with Crippen LogP contribution in [-0.4, -0.2) is 20.0 Å². The number of pyridine rings is 1. The Hall–Kier alpha value is -2.05. The number of anilines is 1. The quantitative estimate of drug-likeness (QED) is 0.723. The fourth-order valence-corrected chi connectivity index (χ4v) is 0.931. The number of nitrogen functional groups attached to an aromatic ring is 1. The van der Waals surface area contributed by atoms with Gasteiger partial charge in [-0.2, -0.15) is 5.10 Å². The number of rotatable bonds is 1. The first-order valence-corrected chi connectivity index (χ1v) is 3.66. The zero-order chi connectivity index (χ0) is 10.1. The highest BCUT2D eigenvalue weighted by Gasteiger charge is 2.09. The lowest BCUT2D eigenvalue weighted by Gasteiger charge is -1.98. The first-order chi connectivity index (χ1) is 6.66. The summed E-state index contributed by atoms with van der Waals surface area (Å²) >= 11 is 0. The van der Waals surface area contributed by atoms with Gasteiger partial charge in [0.15, 0.2) is 11.6 Å². The molecule has 0 radical (unpaired) electrons. The van der Waals surface area contributed by atoms with E-state index in [1.54, 1.807) is 0 Å². The van der Waals surface area contributed by atoms with Crippen LogP contribution >= 0.6 is 0 Å². The van der Waals surface area contributed by atoms with Gasteiger partial charge in [-0.15, -0.1) is 9.90 Å². The fraction of sp³-hybridized carbons (Fsp3) is 0. The van der Waals surface area contributed by atoms with Gasteiger partial charge in [-0.1, -0.05) is 0 Å². The molecule has 0 aliphatic heterocycles. The minimum Gasteiger partial charge on any atom is -0.381 e. The van der Waals surface area contributed by atoms with Crippen LogP contribution < -0.4 is 5.73 Å². The Balaban J connectivity index is 2.52. The molecule has 7 heteroatoms. The van der Waals surface area contributed by atoms with Crippen LogP contribution in [0.15, 0.2) is 18.5 Å².